The van der Waals surface area contributed by atoms with Gasteiger partial charge in [0.15, 0.2) is 6.10 Å². The van der Waals surface area contributed by atoms with Crippen molar-refractivity contribution >= 4 is 19.8 Å². The highest BCUT2D eigenvalue weighted by atomic mass is 31.2. The van der Waals surface area contributed by atoms with E-state index in [-0.39, 0.29) is 32.0 Å². The Morgan fingerprint density at radius 1 is 0.330 bits per heavy atom. The number of likely N-dealkylation sites (N-methyl/N-ethyl adjacent to an activating group) is 1. The van der Waals surface area contributed by atoms with Crippen LogP contribution in [0.4, 0.5) is 0 Å². The van der Waals surface area contributed by atoms with Crippen molar-refractivity contribution in [1.82, 2.24) is 0 Å². The quantitative estimate of drug-likeness (QED) is 0.0195. The Kier molecular flexibility index (Phi) is 69.1. The summed E-state index contributed by atoms with van der Waals surface area (Å²) in [5.74, 6) is -0.839. The maximum atomic E-state index is 12.9. The van der Waals surface area contributed by atoms with Gasteiger partial charge in [0, 0.05) is 12.8 Å². The zero-order chi connectivity index (χ0) is 68.3. The van der Waals surface area contributed by atoms with Crippen molar-refractivity contribution in [2.75, 3.05) is 47.5 Å². The molecule has 10 heteroatoms. The number of rotatable bonds is 68. The number of phosphoric acid groups is 1. The largest absolute Gasteiger partial charge is 0.756 e. The average Bonchev–Trinajstić information content (AvgIpc) is 1.56. The molecule has 0 aliphatic carbocycles. The van der Waals surface area contributed by atoms with E-state index in [1.54, 1.807) is 0 Å². The van der Waals surface area contributed by atoms with E-state index in [1.165, 1.54) is 128 Å². The van der Waals surface area contributed by atoms with E-state index in [4.69, 9.17) is 18.5 Å². The first-order chi connectivity index (χ1) is 46.0. The fourth-order valence-electron chi connectivity index (χ4n) is 10.0. The van der Waals surface area contributed by atoms with E-state index in [0.717, 1.165) is 135 Å². The van der Waals surface area contributed by atoms with E-state index < -0.39 is 26.5 Å². The Bertz CT molecular complexity index is 2200. The molecule has 0 saturated carbocycles. The molecule has 0 spiro atoms. The Labute approximate surface area is 578 Å². The Morgan fingerprint density at radius 3 is 0.851 bits per heavy atom. The molecular weight excluding hydrogens is 1180 g/mol. The molecule has 0 aliphatic heterocycles. The van der Waals surface area contributed by atoms with Gasteiger partial charge in [-0.2, -0.15) is 0 Å². The molecule has 0 radical (unpaired) electrons. The zero-order valence-corrected chi connectivity index (χ0v) is 61.7. The average molecular weight is 1320 g/mol. The number of carbonyl (C=O) groups excluding carboxylic acids is 2. The predicted molar refractivity (Wildman–Crippen MR) is 406 cm³/mol. The summed E-state index contributed by atoms with van der Waals surface area (Å²) in [6.45, 7) is 4.02. The predicted octanol–water partition coefficient (Wildman–Crippen LogP) is 24.6. The van der Waals surface area contributed by atoms with Crippen LogP contribution in [0.2, 0.25) is 0 Å². The lowest BCUT2D eigenvalue weighted by Crippen LogP contribution is -2.37. The van der Waals surface area contributed by atoms with E-state index in [9.17, 15) is 19.0 Å². The van der Waals surface area contributed by atoms with Crippen molar-refractivity contribution in [2.45, 2.75) is 302 Å². The molecule has 0 heterocycles. The molecule has 9 nitrogen and oxygen atoms in total. The third-order valence-corrected chi connectivity index (χ3v) is 16.7. The summed E-state index contributed by atoms with van der Waals surface area (Å²) in [5.41, 5.74) is 0. The van der Waals surface area contributed by atoms with E-state index in [0.29, 0.717) is 17.4 Å². The van der Waals surface area contributed by atoms with Gasteiger partial charge in [-0.15, -0.1) is 0 Å². The molecule has 2 atom stereocenters. The molecule has 0 aromatic carbocycles. The van der Waals surface area contributed by atoms with Crippen molar-refractivity contribution in [1.29, 1.82) is 0 Å². The van der Waals surface area contributed by atoms with Gasteiger partial charge in [0.1, 0.15) is 19.8 Å². The van der Waals surface area contributed by atoms with Crippen molar-refractivity contribution in [3.05, 3.63) is 170 Å². The Morgan fingerprint density at radius 2 is 0.574 bits per heavy atom. The van der Waals surface area contributed by atoms with Crippen LogP contribution in [0.1, 0.15) is 296 Å². The monoisotopic (exact) mass is 1320 g/mol. The summed E-state index contributed by atoms with van der Waals surface area (Å²) >= 11 is 0. The number of hydrogen-bond acceptors (Lipinski definition) is 8. The number of carbonyl (C=O) groups is 2. The molecule has 0 bridgehead atoms. The molecule has 0 aromatic rings. The molecule has 0 fully saturated rings. The molecule has 0 rings (SSSR count). The summed E-state index contributed by atoms with van der Waals surface area (Å²) in [6.07, 6.45) is 110. The molecule has 94 heavy (non-hydrogen) atoms. The van der Waals surface area contributed by atoms with Crippen LogP contribution in [-0.2, 0) is 32.7 Å². The highest BCUT2D eigenvalue weighted by Crippen LogP contribution is 2.38. The Balaban J connectivity index is 4.06. The van der Waals surface area contributed by atoms with Crippen LogP contribution >= 0.6 is 7.82 Å². The first kappa shape index (κ1) is 89.4. The molecule has 534 valence electrons. The smallest absolute Gasteiger partial charge is 0.306 e. The minimum atomic E-state index is -4.66. The van der Waals surface area contributed by atoms with Crippen LogP contribution in [-0.4, -0.2) is 70.0 Å². The topological polar surface area (TPSA) is 111 Å². The van der Waals surface area contributed by atoms with Gasteiger partial charge in [0.2, 0.25) is 0 Å². The SMILES string of the molecule is CC/C=C\C/C=C\C/C=C\C/C=C\C/C=C\C/C=C\C/C=C\C/C=C\C/C=C\CCCCCCCCCCCCCC(=O)OC(COC(=O)CCCCCCCCCCCCCCCCC/C=C\C/C=C\C/C=C\C/C=C\C/C=C\CC)COP(=O)([O-])OCC[N+](C)(C)C. The molecular formula is C84H140NO8P. The number of esters is 2. The van der Waals surface area contributed by atoms with Crippen molar-refractivity contribution in [3.63, 3.8) is 0 Å². The van der Waals surface area contributed by atoms with Crippen molar-refractivity contribution in [3.8, 4) is 0 Å². The van der Waals surface area contributed by atoms with Crippen LogP contribution in [0.15, 0.2) is 170 Å². The molecule has 0 aromatic heterocycles. The highest BCUT2D eigenvalue weighted by molar-refractivity contribution is 7.45. The minimum absolute atomic E-state index is 0.0382. The third-order valence-electron chi connectivity index (χ3n) is 15.7. The fraction of sp³-hybridized carbons (Fsp3) is 0.643. The molecule has 0 saturated heterocycles. The van der Waals surface area contributed by atoms with E-state index in [1.807, 2.05) is 21.1 Å². The molecule has 0 amide bonds. The van der Waals surface area contributed by atoms with Gasteiger partial charge >= 0.3 is 11.9 Å². The van der Waals surface area contributed by atoms with Crippen molar-refractivity contribution in [2.24, 2.45) is 0 Å². The van der Waals surface area contributed by atoms with Gasteiger partial charge in [-0.3, -0.25) is 14.2 Å². The molecule has 0 aliphatic rings. The number of unbranched alkanes of at least 4 members (excludes halogenated alkanes) is 26. The summed E-state index contributed by atoms with van der Waals surface area (Å²) < 4.78 is 34.4. The normalized spacial score (nSPS) is 14.1. The minimum Gasteiger partial charge on any atom is -0.756 e. The lowest BCUT2D eigenvalue weighted by atomic mass is 10.0. The second kappa shape index (κ2) is 72.6. The lowest BCUT2D eigenvalue weighted by Gasteiger charge is -2.28. The summed E-state index contributed by atoms with van der Waals surface area (Å²) in [4.78, 5) is 38.2. The van der Waals surface area contributed by atoms with Crippen LogP contribution < -0.4 is 4.89 Å². The number of allylic oxidation sites excluding steroid dienone is 28. The van der Waals surface area contributed by atoms with Gasteiger partial charge in [-0.1, -0.05) is 325 Å². The van der Waals surface area contributed by atoms with Crippen LogP contribution in [0.5, 0.6) is 0 Å². The first-order valence-corrected chi connectivity index (χ1v) is 39.3. The van der Waals surface area contributed by atoms with Crippen LogP contribution in [0, 0.1) is 0 Å². The Hall–Kier alpha value is -4.63. The van der Waals surface area contributed by atoms with Crippen LogP contribution in [0.3, 0.4) is 0 Å². The van der Waals surface area contributed by atoms with Crippen molar-refractivity contribution < 1.29 is 42.1 Å². The molecule has 0 N–H and O–H groups in total. The third kappa shape index (κ3) is 76.4. The first-order valence-electron chi connectivity index (χ1n) is 37.8. The number of phosphoric ester groups is 1. The van der Waals surface area contributed by atoms with E-state index in [2.05, 4.69) is 184 Å². The van der Waals surface area contributed by atoms with Crippen LogP contribution in [0.25, 0.3) is 0 Å². The number of hydrogen-bond donors (Lipinski definition) is 0. The summed E-state index contributed by atoms with van der Waals surface area (Å²) in [5, 5.41) is 0. The number of quaternary nitrogens is 1. The van der Waals surface area contributed by atoms with Gasteiger partial charge < -0.3 is 27.9 Å². The molecule has 2 unspecified atom stereocenters. The highest BCUT2D eigenvalue weighted by Gasteiger charge is 2.22. The summed E-state index contributed by atoms with van der Waals surface area (Å²) in [7, 11) is 1.15. The maximum absolute atomic E-state index is 12.9. The maximum Gasteiger partial charge on any atom is 0.306 e. The summed E-state index contributed by atoms with van der Waals surface area (Å²) in [6, 6.07) is 0. The zero-order valence-electron chi connectivity index (χ0n) is 60.8. The van der Waals surface area contributed by atoms with Gasteiger partial charge in [0.25, 0.3) is 7.82 Å². The van der Waals surface area contributed by atoms with Gasteiger partial charge in [-0.05, 0) is 128 Å². The van der Waals surface area contributed by atoms with E-state index >= 15 is 0 Å². The fourth-order valence-corrected chi connectivity index (χ4v) is 10.8. The lowest BCUT2D eigenvalue weighted by molar-refractivity contribution is -0.870. The standard InChI is InChI=1S/C84H140NO8P/c1-6-8-10-12-14-16-18-20-22-24-26-28-30-32-34-36-38-39-40-41-42-43-44-45-47-49-51-53-55-57-59-61-63-65-67-69-71-73-75-77-84(87)93-82(81-92-94(88,89)91-79-78-85(3,4)5)80-90-83(86)76-74-72-70-68-66-64-62-60-58-56-54-52-50-48-46-37-35-33-31-29-27-25-23-21-19-17-15-13-11-9-7-2/h8-11,14-17,20-23,26-29,32-35,38-39,41-42,44-45,49,51,82H,6-7,12-13,18-19,24-25,30-31,36-37,40,43,46-48,50,52-81H2,1-5H3/b10-8-,11-9-,16-14-,17-15-,22-20-,23-21-,28-26-,29-27-,34-32-,35-33-,39-38-,42-41-,45-44-,51-49-. The van der Waals surface area contributed by atoms with Gasteiger partial charge in [0.05, 0.1) is 27.7 Å². The van der Waals surface area contributed by atoms with Gasteiger partial charge in [-0.25, -0.2) is 0 Å². The number of ether oxygens (including phenoxy) is 2. The second-order valence-corrected chi connectivity index (χ2v) is 27.3. The second-order valence-electron chi connectivity index (χ2n) is 25.9. The number of nitrogens with zero attached hydrogens (tertiary/aromatic N) is 1.